The largest absolute Gasteiger partial charge is 0.396 e. The van der Waals surface area contributed by atoms with Gasteiger partial charge in [0, 0.05) is 30.7 Å². The molecule has 7 heteroatoms. The lowest BCUT2D eigenvalue weighted by molar-refractivity contribution is 0.231. The number of aromatic nitrogens is 3. The van der Waals surface area contributed by atoms with Gasteiger partial charge in [-0.15, -0.1) is 0 Å². The molecule has 0 spiro atoms. The van der Waals surface area contributed by atoms with Crippen LogP contribution in [0.15, 0.2) is 42.7 Å². The van der Waals surface area contributed by atoms with E-state index < -0.39 is 0 Å². The number of aromatic amines is 1. The molecule has 1 aliphatic carbocycles. The fraction of sp³-hybridized carbons (Fsp3) is 0.312. The minimum absolute atomic E-state index is 0.0207. The van der Waals surface area contributed by atoms with Crippen molar-refractivity contribution >= 4 is 6.03 Å². The van der Waals surface area contributed by atoms with Gasteiger partial charge in [-0.05, 0) is 18.1 Å². The monoisotopic (exact) mass is 313 g/mol. The number of carbonyl (C=O) groups is 1. The van der Waals surface area contributed by atoms with Crippen molar-refractivity contribution in [1.82, 2.24) is 25.8 Å². The summed E-state index contributed by atoms with van der Waals surface area (Å²) in [6.45, 7) is 0.540. The van der Waals surface area contributed by atoms with Gasteiger partial charge < -0.3 is 15.7 Å². The minimum Gasteiger partial charge on any atom is -0.396 e. The van der Waals surface area contributed by atoms with Crippen molar-refractivity contribution in [2.75, 3.05) is 6.61 Å². The molecule has 7 nitrogen and oxygen atoms in total. The SMILES string of the molecule is O=C(NCc1cccc(-c2ncn[nH]2)c1)N[C@@H]1C=C[C@H](CO)C1. The number of aliphatic hydroxyl groups excluding tert-OH is 1. The highest BCUT2D eigenvalue weighted by Gasteiger charge is 2.19. The average molecular weight is 313 g/mol. The van der Waals surface area contributed by atoms with Crippen LogP contribution in [0.2, 0.25) is 0 Å². The Hall–Kier alpha value is -2.67. The van der Waals surface area contributed by atoms with Crippen LogP contribution in [0.4, 0.5) is 4.79 Å². The highest BCUT2D eigenvalue weighted by molar-refractivity contribution is 5.74. The summed E-state index contributed by atoms with van der Waals surface area (Å²) in [6, 6.07) is 7.51. The second-order valence-corrected chi connectivity index (χ2v) is 5.53. The molecule has 1 aliphatic rings. The number of nitrogens with one attached hydrogen (secondary N) is 3. The fourth-order valence-corrected chi connectivity index (χ4v) is 2.59. The van der Waals surface area contributed by atoms with E-state index in [4.69, 9.17) is 5.11 Å². The summed E-state index contributed by atoms with van der Waals surface area (Å²) in [5.74, 6) is 0.835. The quantitative estimate of drug-likeness (QED) is 0.623. The molecule has 0 fully saturated rings. The van der Waals surface area contributed by atoms with Gasteiger partial charge in [0.2, 0.25) is 0 Å². The number of H-pyrrole nitrogens is 1. The van der Waals surface area contributed by atoms with Crippen LogP contribution in [0.25, 0.3) is 11.4 Å². The Morgan fingerprint density at radius 1 is 1.39 bits per heavy atom. The number of nitrogens with zero attached hydrogens (tertiary/aromatic N) is 2. The van der Waals surface area contributed by atoms with Crippen molar-refractivity contribution < 1.29 is 9.90 Å². The van der Waals surface area contributed by atoms with E-state index in [0.29, 0.717) is 12.4 Å². The fourth-order valence-electron chi connectivity index (χ4n) is 2.59. The predicted octanol–water partition coefficient (Wildman–Crippen LogP) is 1.21. The highest BCUT2D eigenvalue weighted by Crippen LogP contribution is 2.17. The molecule has 0 unspecified atom stereocenters. The van der Waals surface area contributed by atoms with Gasteiger partial charge in [-0.1, -0.05) is 30.4 Å². The number of urea groups is 1. The van der Waals surface area contributed by atoms with Crippen LogP contribution < -0.4 is 10.6 Å². The molecule has 1 aromatic heterocycles. The van der Waals surface area contributed by atoms with Crippen molar-refractivity contribution in [2.24, 2.45) is 5.92 Å². The first kappa shape index (κ1) is 15.2. The van der Waals surface area contributed by atoms with Gasteiger partial charge >= 0.3 is 6.03 Å². The van der Waals surface area contributed by atoms with Crippen molar-refractivity contribution in [3.8, 4) is 11.4 Å². The number of hydrogen-bond acceptors (Lipinski definition) is 4. The third-order valence-corrected chi connectivity index (χ3v) is 3.79. The molecule has 0 bridgehead atoms. The second-order valence-electron chi connectivity index (χ2n) is 5.53. The molecular weight excluding hydrogens is 294 g/mol. The normalized spacial score (nSPS) is 19.7. The van der Waals surface area contributed by atoms with Crippen LogP contribution in [0.1, 0.15) is 12.0 Å². The van der Waals surface area contributed by atoms with E-state index in [9.17, 15) is 4.79 Å². The Balaban J connectivity index is 1.51. The Morgan fingerprint density at radius 2 is 2.30 bits per heavy atom. The topological polar surface area (TPSA) is 103 Å². The molecule has 1 aromatic carbocycles. The van der Waals surface area contributed by atoms with Crippen LogP contribution in [0.3, 0.4) is 0 Å². The standard InChI is InChI=1S/C16H19N5O2/c22-9-12-4-5-14(7-12)20-16(23)17-8-11-2-1-3-13(6-11)15-18-10-19-21-15/h1-6,10,12,14,22H,7-9H2,(H2,17,20,23)(H,18,19,21)/t12-,14+/m0/s1. The van der Waals surface area contributed by atoms with Gasteiger partial charge in [0.05, 0.1) is 0 Å². The van der Waals surface area contributed by atoms with E-state index in [1.165, 1.54) is 6.33 Å². The first-order valence-electron chi connectivity index (χ1n) is 7.53. The Morgan fingerprint density at radius 3 is 3.04 bits per heavy atom. The Bertz CT molecular complexity index is 684. The van der Waals surface area contributed by atoms with E-state index in [0.717, 1.165) is 17.5 Å². The molecule has 23 heavy (non-hydrogen) atoms. The summed E-state index contributed by atoms with van der Waals surface area (Å²) in [5.41, 5.74) is 1.90. The molecule has 2 aromatic rings. The molecule has 1 heterocycles. The van der Waals surface area contributed by atoms with E-state index in [2.05, 4.69) is 25.8 Å². The van der Waals surface area contributed by atoms with E-state index in [-0.39, 0.29) is 24.6 Å². The highest BCUT2D eigenvalue weighted by atomic mass is 16.3. The smallest absolute Gasteiger partial charge is 0.315 e. The Kier molecular flexibility index (Phi) is 4.68. The Labute approximate surface area is 133 Å². The summed E-state index contributed by atoms with van der Waals surface area (Å²) in [6.07, 6.45) is 6.06. The molecule has 0 radical (unpaired) electrons. The maximum atomic E-state index is 11.9. The molecule has 0 saturated heterocycles. The number of rotatable bonds is 5. The average Bonchev–Trinajstić information content (AvgIpc) is 3.25. The van der Waals surface area contributed by atoms with Gasteiger partial charge in [-0.2, -0.15) is 5.10 Å². The summed E-state index contributed by atoms with van der Waals surface area (Å²) >= 11 is 0. The van der Waals surface area contributed by atoms with Crippen LogP contribution in [0.5, 0.6) is 0 Å². The maximum Gasteiger partial charge on any atom is 0.315 e. The molecule has 2 atom stereocenters. The molecule has 2 amide bonds. The summed E-state index contributed by atoms with van der Waals surface area (Å²) < 4.78 is 0. The van der Waals surface area contributed by atoms with Crippen LogP contribution >= 0.6 is 0 Å². The molecular formula is C16H19N5O2. The summed E-state index contributed by atoms with van der Waals surface area (Å²) in [4.78, 5) is 16.0. The van der Waals surface area contributed by atoms with E-state index in [1.807, 2.05) is 36.4 Å². The van der Waals surface area contributed by atoms with Gasteiger partial charge in [0.25, 0.3) is 0 Å². The lowest BCUT2D eigenvalue weighted by Crippen LogP contribution is -2.40. The van der Waals surface area contributed by atoms with Gasteiger partial charge in [-0.3, -0.25) is 5.10 Å². The van der Waals surface area contributed by atoms with Crippen molar-refractivity contribution in [1.29, 1.82) is 0 Å². The summed E-state index contributed by atoms with van der Waals surface area (Å²) in [5, 5.41) is 21.4. The van der Waals surface area contributed by atoms with Crippen LogP contribution in [0, 0.1) is 5.92 Å². The molecule has 0 aliphatic heterocycles. The van der Waals surface area contributed by atoms with E-state index >= 15 is 0 Å². The van der Waals surface area contributed by atoms with Crippen molar-refractivity contribution in [3.63, 3.8) is 0 Å². The van der Waals surface area contributed by atoms with Crippen molar-refractivity contribution in [2.45, 2.75) is 19.0 Å². The number of carbonyl (C=O) groups excluding carboxylic acids is 1. The first-order valence-corrected chi connectivity index (χ1v) is 7.53. The number of aliphatic hydroxyl groups is 1. The number of hydrogen-bond donors (Lipinski definition) is 4. The molecule has 4 N–H and O–H groups in total. The molecule has 120 valence electrons. The third kappa shape index (κ3) is 3.95. The van der Waals surface area contributed by atoms with Crippen LogP contribution in [-0.2, 0) is 6.54 Å². The summed E-state index contributed by atoms with van der Waals surface area (Å²) in [7, 11) is 0. The maximum absolute atomic E-state index is 11.9. The lowest BCUT2D eigenvalue weighted by atomic mass is 10.1. The van der Waals surface area contributed by atoms with Gasteiger partial charge in [-0.25, -0.2) is 9.78 Å². The third-order valence-electron chi connectivity index (χ3n) is 3.79. The van der Waals surface area contributed by atoms with Gasteiger partial charge in [0.1, 0.15) is 6.33 Å². The number of amides is 2. The second kappa shape index (κ2) is 7.06. The zero-order valence-electron chi connectivity index (χ0n) is 12.6. The van der Waals surface area contributed by atoms with Crippen LogP contribution in [-0.4, -0.2) is 39.0 Å². The zero-order valence-corrected chi connectivity index (χ0v) is 12.6. The molecule has 0 saturated carbocycles. The molecule has 3 rings (SSSR count). The predicted molar refractivity (Wildman–Crippen MR) is 85.3 cm³/mol. The van der Waals surface area contributed by atoms with Gasteiger partial charge in [0.15, 0.2) is 5.82 Å². The minimum atomic E-state index is -0.219. The number of benzene rings is 1. The first-order chi connectivity index (χ1) is 11.2. The van der Waals surface area contributed by atoms with Crippen molar-refractivity contribution in [3.05, 3.63) is 48.3 Å². The zero-order chi connectivity index (χ0) is 16.1. The lowest BCUT2D eigenvalue weighted by Gasteiger charge is -2.13. The van der Waals surface area contributed by atoms with E-state index in [1.54, 1.807) is 0 Å².